The lowest BCUT2D eigenvalue weighted by atomic mass is 10.1. The highest BCUT2D eigenvalue weighted by Gasteiger charge is 2.25. The Morgan fingerprint density at radius 3 is 2.34 bits per heavy atom. The highest BCUT2D eigenvalue weighted by Crippen LogP contribution is 2.21. The Labute approximate surface area is 194 Å². The maximum Gasteiger partial charge on any atom is 0.254 e. The Bertz CT molecular complexity index is 819. The molecule has 32 heavy (non-hydrogen) atoms. The number of morpholine rings is 1. The first-order chi connectivity index (χ1) is 15.3. The molecular weight excluding hydrogens is 426 g/mol. The molecule has 2 rings (SSSR count). The molecule has 1 heterocycles. The average Bonchev–Trinajstić information content (AvgIpc) is 2.79. The normalized spacial score (nSPS) is 15.3. The first-order valence-corrected chi connectivity index (χ1v) is 13.5. The molecule has 1 saturated heterocycles. The monoisotopic (exact) mass is 467 g/mol. The molecule has 1 aliphatic heterocycles. The fourth-order valence-corrected chi connectivity index (χ4v) is 5.49. The summed E-state index contributed by atoms with van der Waals surface area (Å²) in [7, 11) is -3.61. The van der Waals surface area contributed by atoms with E-state index in [0.29, 0.717) is 31.7 Å². The summed E-state index contributed by atoms with van der Waals surface area (Å²) in [5.74, 6) is -0.0798. The van der Waals surface area contributed by atoms with Crippen molar-refractivity contribution in [1.29, 1.82) is 0 Å². The third-order valence-corrected chi connectivity index (χ3v) is 8.19. The van der Waals surface area contributed by atoms with Gasteiger partial charge in [0, 0.05) is 51.4 Å². The van der Waals surface area contributed by atoms with Gasteiger partial charge in [0.1, 0.15) is 0 Å². The van der Waals surface area contributed by atoms with Gasteiger partial charge in [0.15, 0.2) is 0 Å². The molecule has 0 N–H and O–H groups in total. The number of nitrogens with zero attached hydrogens (tertiary/aromatic N) is 3. The second kappa shape index (κ2) is 13.3. The molecule has 182 valence electrons. The van der Waals surface area contributed by atoms with E-state index in [1.165, 1.54) is 4.31 Å². The zero-order chi connectivity index (χ0) is 23.6. The minimum Gasteiger partial charge on any atom is -0.379 e. The van der Waals surface area contributed by atoms with Crippen molar-refractivity contribution >= 4 is 15.9 Å². The van der Waals surface area contributed by atoms with Gasteiger partial charge in [0.05, 0.1) is 18.1 Å². The predicted molar refractivity (Wildman–Crippen MR) is 129 cm³/mol. The lowest BCUT2D eigenvalue weighted by molar-refractivity contribution is 0.0324. The van der Waals surface area contributed by atoms with Gasteiger partial charge >= 0.3 is 0 Å². The molecular formula is C24H41N3O4S. The molecule has 0 atom stereocenters. The molecule has 1 aromatic carbocycles. The number of hydrogen-bond acceptors (Lipinski definition) is 5. The molecule has 0 unspecified atom stereocenters. The van der Waals surface area contributed by atoms with Crippen LogP contribution in [0.3, 0.4) is 0 Å². The number of amides is 1. The number of sulfonamides is 1. The Balaban J connectivity index is 2.23. The predicted octanol–water partition coefficient (Wildman–Crippen LogP) is 3.38. The largest absolute Gasteiger partial charge is 0.379 e. The summed E-state index contributed by atoms with van der Waals surface area (Å²) in [5, 5.41) is 0. The van der Waals surface area contributed by atoms with Gasteiger partial charge in [-0.3, -0.25) is 9.69 Å². The summed E-state index contributed by atoms with van der Waals surface area (Å²) in [6.07, 6.45) is 4.35. The van der Waals surface area contributed by atoms with Crippen molar-refractivity contribution in [1.82, 2.24) is 14.1 Å². The molecule has 0 spiro atoms. The van der Waals surface area contributed by atoms with Gasteiger partial charge in [0.2, 0.25) is 10.0 Å². The van der Waals surface area contributed by atoms with Crippen molar-refractivity contribution in [2.75, 3.05) is 59.0 Å². The number of benzene rings is 1. The minimum absolute atomic E-state index is 0.0798. The zero-order valence-electron chi connectivity index (χ0n) is 20.3. The van der Waals surface area contributed by atoms with E-state index in [0.717, 1.165) is 64.1 Å². The van der Waals surface area contributed by atoms with Gasteiger partial charge in [0.25, 0.3) is 5.91 Å². The van der Waals surface area contributed by atoms with E-state index in [-0.39, 0.29) is 10.8 Å². The van der Waals surface area contributed by atoms with Crippen LogP contribution < -0.4 is 0 Å². The molecule has 7 nitrogen and oxygen atoms in total. The van der Waals surface area contributed by atoms with E-state index >= 15 is 0 Å². The van der Waals surface area contributed by atoms with Crippen LogP contribution in [0.15, 0.2) is 23.1 Å². The average molecular weight is 468 g/mol. The third kappa shape index (κ3) is 7.27. The van der Waals surface area contributed by atoms with Crippen LogP contribution in [0, 0.1) is 6.92 Å². The van der Waals surface area contributed by atoms with Gasteiger partial charge in [-0.15, -0.1) is 0 Å². The maximum absolute atomic E-state index is 13.6. The maximum atomic E-state index is 13.6. The van der Waals surface area contributed by atoms with Crippen molar-refractivity contribution in [3.05, 3.63) is 29.3 Å². The third-order valence-electron chi connectivity index (χ3n) is 6.14. The molecule has 1 amide bonds. The van der Waals surface area contributed by atoms with Crippen molar-refractivity contribution in [2.24, 2.45) is 0 Å². The summed E-state index contributed by atoms with van der Waals surface area (Å²) in [5.41, 5.74) is 1.29. The van der Waals surface area contributed by atoms with E-state index < -0.39 is 10.0 Å². The topological polar surface area (TPSA) is 70.2 Å². The smallest absolute Gasteiger partial charge is 0.254 e. The summed E-state index contributed by atoms with van der Waals surface area (Å²) in [6, 6.07) is 4.93. The van der Waals surface area contributed by atoms with Crippen LogP contribution >= 0.6 is 0 Å². The molecule has 0 aromatic heterocycles. The number of unbranched alkanes of at least 4 members (excludes halogenated alkanes) is 3. The van der Waals surface area contributed by atoms with Crippen LogP contribution in [0.25, 0.3) is 0 Å². The summed E-state index contributed by atoms with van der Waals surface area (Å²) < 4.78 is 32.9. The van der Waals surface area contributed by atoms with Gasteiger partial charge in [-0.1, -0.05) is 46.1 Å². The van der Waals surface area contributed by atoms with Gasteiger partial charge in [-0.2, -0.15) is 4.31 Å². The summed E-state index contributed by atoms with van der Waals surface area (Å²) in [6.45, 7) is 13.9. The molecule has 0 saturated carbocycles. The van der Waals surface area contributed by atoms with Crippen LogP contribution in [0.5, 0.6) is 0 Å². The summed E-state index contributed by atoms with van der Waals surface area (Å²) in [4.78, 5) is 18.0. The molecule has 1 aromatic rings. The highest BCUT2D eigenvalue weighted by molar-refractivity contribution is 7.89. The van der Waals surface area contributed by atoms with Crippen LogP contribution in [0.1, 0.15) is 62.4 Å². The molecule has 1 aliphatic rings. The Kier molecular flexibility index (Phi) is 11.1. The number of aryl methyl sites for hydroxylation is 1. The van der Waals surface area contributed by atoms with Gasteiger partial charge in [-0.05, 0) is 31.0 Å². The number of ether oxygens (including phenoxy) is 1. The zero-order valence-corrected chi connectivity index (χ0v) is 21.1. The van der Waals surface area contributed by atoms with Crippen LogP contribution in [-0.4, -0.2) is 87.5 Å². The number of carbonyl (C=O) groups is 1. The number of carbonyl (C=O) groups excluding carboxylic acids is 1. The molecule has 0 aliphatic carbocycles. The van der Waals surface area contributed by atoms with E-state index in [9.17, 15) is 13.2 Å². The van der Waals surface area contributed by atoms with Crippen LogP contribution in [-0.2, 0) is 14.8 Å². The van der Waals surface area contributed by atoms with E-state index in [4.69, 9.17) is 4.74 Å². The van der Waals surface area contributed by atoms with Crippen molar-refractivity contribution in [2.45, 2.75) is 58.3 Å². The second-order valence-corrected chi connectivity index (χ2v) is 10.3. The molecule has 1 fully saturated rings. The highest BCUT2D eigenvalue weighted by atomic mass is 32.2. The molecule has 8 heteroatoms. The van der Waals surface area contributed by atoms with Gasteiger partial charge < -0.3 is 9.64 Å². The quantitative estimate of drug-likeness (QED) is 0.416. The first kappa shape index (κ1) is 26.8. The Morgan fingerprint density at radius 1 is 1.03 bits per heavy atom. The van der Waals surface area contributed by atoms with E-state index in [1.807, 2.05) is 25.7 Å². The fraction of sp³-hybridized carbons (Fsp3) is 0.708. The Morgan fingerprint density at radius 2 is 1.72 bits per heavy atom. The summed E-state index contributed by atoms with van der Waals surface area (Å²) >= 11 is 0. The SMILES string of the molecule is CCCCCCN(CCN1CCOCC1)C(=O)c1cc(S(=O)(=O)N(CC)CC)ccc1C. The first-order valence-electron chi connectivity index (χ1n) is 12.0. The Hall–Kier alpha value is -1.48. The van der Waals surface area contributed by atoms with E-state index in [2.05, 4.69) is 11.8 Å². The lowest BCUT2D eigenvalue weighted by Crippen LogP contribution is -2.43. The number of rotatable bonds is 13. The van der Waals surface area contributed by atoms with Crippen molar-refractivity contribution in [3.8, 4) is 0 Å². The second-order valence-electron chi connectivity index (χ2n) is 8.37. The van der Waals surface area contributed by atoms with Crippen molar-refractivity contribution < 1.29 is 17.9 Å². The van der Waals surface area contributed by atoms with Crippen LogP contribution in [0.4, 0.5) is 0 Å². The lowest BCUT2D eigenvalue weighted by Gasteiger charge is -2.30. The van der Waals surface area contributed by atoms with Gasteiger partial charge in [-0.25, -0.2) is 8.42 Å². The number of hydrogen-bond donors (Lipinski definition) is 0. The van der Waals surface area contributed by atoms with Crippen LogP contribution in [0.2, 0.25) is 0 Å². The standard InChI is InChI=1S/C24H41N3O4S/c1-5-8-9-10-13-26(15-14-25-16-18-31-19-17-25)24(28)23-20-22(12-11-21(23)4)32(29,30)27(6-2)7-3/h11-12,20H,5-10,13-19H2,1-4H3. The fourth-order valence-electron chi connectivity index (χ4n) is 4.01. The minimum atomic E-state index is -3.61. The molecule has 0 bridgehead atoms. The molecule has 0 radical (unpaired) electrons. The van der Waals surface area contributed by atoms with E-state index in [1.54, 1.807) is 18.2 Å². The van der Waals surface area contributed by atoms with Crippen molar-refractivity contribution in [3.63, 3.8) is 0 Å².